The summed E-state index contributed by atoms with van der Waals surface area (Å²) in [5.41, 5.74) is 6.43. The third kappa shape index (κ3) is 2.10. The van der Waals surface area contributed by atoms with E-state index in [9.17, 15) is 0 Å². The van der Waals surface area contributed by atoms with Gasteiger partial charge in [0.2, 0.25) is 5.69 Å². The molecule has 0 saturated carbocycles. The average molecular weight is 361 g/mol. The summed E-state index contributed by atoms with van der Waals surface area (Å²) in [6, 6.07) is 11.3. The Morgan fingerprint density at radius 1 is 1.04 bits per heavy atom. The van der Waals surface area contributed by atoms with Crippen molar-refractivity contribution in [2.45, 2.75) is 42.9 Å². The lowest BCUT2D eigenvalue weighted by Gasteiger charge is -2.24. The molecule has 5 rings (SSSR count). The third-order valence-corrected chi connectivity index (χ3v) is 6.59. The van der Waals surface area contributed by atoms with Gasteiger partial charge in [0.25, 0.3) is 0 Å². The Morgan fingerprint density at radius 3 is 2.62 bits per heavy atom. The number of furan rings is 1. The molecule has 0 spiro atoms. The minimum Gasteiger partial charge on any atom is -0.464 e. The molecule has 0 atom stereocenters. The Labute approximate surface area is 157 Å². The van der Waals surface area contributed by atoms with Gasteiger partial charge in [-0.15, -0.1) is 0 Å². The van der Waals surface area contributed by atoms with Crippen LogP contribution in [0.15, 0.2) is 57.0 Å². The zero-order valence-corrected chi connectivity index (χ0v) is 16.6. The number of rotatable bonds is 0. The first-order valence-electron chi connectivity index (χ1n) is 9.00. The summed E-state index contributed by atoms with van der Waals surface area (Å²) in [6.07, 6.45) is 3.98. The van der Waals surface area contributed by atoms with Crippen LogP contribution in [-0.4, -0.2) is 0 Å². The highest BCUT2D eigenvalue weighted by molar-refractivity contribution is 7.99. The maximum atomic E-state index is 5.71. The van der Waals surface area contributed by atoms with Crippen LogP contribution < -0.4 is 4.57 Å². The first-order chi connectivity index (χ1) is 12.3. The smallest absolute Gasteiger partial charge is 0.222 e. The van der Waals surface area contributed by atoms with E-state index in [1.54, 1.807) is 6.26 Å². The van der Waals surface area contributed by atoms with Gasteiger partial charge in [0.15, 0.2) is 6.20 Å². The molecule has 1 aliphatic heterocycles. The fourth-order valence-corrected chi connectivity index (χ4v) is 5.28. The molecule has 2 aromatic carbocycles. The predicted molar refractivity (Wildman–Crippen MR) is 108 cm³/mol. The van der Waals surface area contributed by atoms with E-state index in [1.165, 1.54) is 48.3 Å². The van der Waals surface area contributed by atoms with Crippen LogP contribution in [0.25, 0.3) is 33.0 Å². The average Bonchev–Trinajstić information content (AvgIpc) is 3.05. The highest BCUT2D eigenvalue weighted by Gasteiger charge is 2.30. The lowest BCUT2D eigenvalue weighted by atomic mass is 9.85. The molecule has 0 fully saturated rings. The van der Waals surface area contributed by atoms with Gasteiger partial charge in [-0.25, -0.2) is 4.57 Å². The van der Waals surface area contributed by atoms with Crippen LogP contribution in [0.4, 0.5) is 0 Å². The highest BCUT2D eigenvalue weighted by Crippen LogP contribution is 2.50. The van der Waals surface area contributed by atoms with Crippen molar-refractivity contribution in [2.24, 2.45) is 7.05 Å². The van der Waals surface area contributed by atoms with E-state index in [0.717, 1.165) is 5.58 Å². The largest absolute Gasteiger partial charge is 0.464 e. The van der Waals surface area contributed by atoms with Crippen molar-refractivity contribution in [3.63, 3.8) is 0 Å². The van der Waals surface area contributed by atoms with E-state index in [0.29, 0.717) is 0 Å². The second kappa shape index (κ2) is 5.14. The number of fused-ring (bicyclic) bond motifs is 3. The van der Waals surface area contributed by atoms with Crippen LogP contribution in [0.3, 0.4) is 0 Å². The fraction of sp³-hybridized carbons (Fsp3) is 0.261. The number of pyridine rings is 1. The molecular weight excluding hydrogens is 338 g/mol. The van der Waals surface area contributed by atoms with Crippen molar-refractivity contribution in [3.05, 3.63) is 53.9 Å². The van der Waals surface area contributed by atoms with Crippen LogP contribution in [-0.2, 0) is 12.5 Å². The first-order valence-corrected chi connectivity index (χ1v) is 9.82. The third-order valence-electron chi connectivity index (χ3n) is 5.51. The van der Waals surface area contributed by atoms with Crippen molar-refractivity contribution in [1.82, 2.24) is 0 Å². The molecule has 3 heterocycles. The Morgan fingerprint density at radius 2 is 1.85 bits per heavy atom. The lowest BCUT2D eigenvalue weighted by molar-refractivity contribution is -0.659. The molecule has 0 radical (unpaired) electrons. The van der Waals surface area contributed by atoms with E-state index < -0.39 is 0 Å². The van der Waals surface area contributed by atoms with E-state index in [-0.39, 0.29) is 5.41 Å². The number of hydrogen-bond acceptors (Lipinski definition) is 2. The highest BCUT2D eigenvalue weighted by atomic mass is 32.2. The van der Waals surface area contributed by atoms with Crippen molar-refractivity contribution >= 4 is 33.5 Å². The van der Waals surface area contributed by atoms with Crippen molar-refractivity contribution in [3.8, 4) is 11.3 Å². The molecule has 130 valence electrons. The van der Waals surface area contributed by atoms with E-state index in [4.69, 9.17) is 4.42 Å². The molecule has 3 heteroatoms. The molecule has 0 bridgehead atoms. The van der Waals surface area contributed by atoms with Gasteiger partial charge in [0.05, 0.1) is 17.2 Å². The van der Waals surface area contributed by atoms with Crippen molar-refractivity contribution in [2.75, 3.05) is 0 Å². The molecule has 4 aromatic rings. The van der Waals surface area contributed by atoms with Crippen LogP contribution in [0.2, 0.25) is 0 Å². The number of nitrogens with zero attached hydrogens (tertiary/aromatic N) is 1. The second-order valence-electron chi connectivity index (χ2n) is 8.27. The summed E-state index contributed by atoms with van der Waals surface area (Å²) >= 11 is 1.87. The molecule has 2 aromatic heterocycles. The number of aryl methyl sites for hydroxylation is 2. The second-order valence-corrected chi connectivity index (χ2v) is 9.36. The molecule has 0 N–H and O–H groups in total. The summed E-state index contributed by atoms with van der Waals surface area (Å²) in [5.74, 6) is 0. The first kappa shape index (κ1) is 16.0. The van der Waals surface area contributed by atoms with Crippen LogP contribution in [0.1, 0.15) is 31.9 Å². The Bertz CT molecular complexity index is 1210. The zero-order valence-electron chi connectivity index (χ0n) is 15.8. The van der Waals surface area contributed by atoms with Gasteiger partial charge in [-0.1, -0.05) is 38.6 Å². The van der Waals surface area contributed by atoms with Gasteiger partial charge in [0.1, 0.15) is 12.6 Å². The normalized spacial score (nSPS) is 13.4. The molecule has 2 nitrogen and oxygen atoms in total. The molecule has 0 unspecified atom stereocenters. The lowest BCUT2D eigenvalue weighted by Crippen LogP contribution is -2.31. The Kier molecular flexibility index (Phi) is 3.15. The van der Waals surface area contributed by atoms with Crippen molar-refractivity contribution < 1.29 is 8.98 Å². The van der Waals surface area contributed by atoms with Gasteiger partial charge >= 0.3 is 0 Å². The maximum Gasteiger partial charge on any atom is 0.222 e. The fourth-order valence-electron chi connectivity index (χ4n) is 4.03. The van der Waals surface area contributed by atoms with Gasteiger partial charge < -0.3 is 4.42 Å². The summed E-state index contributed by atoms with van der Waals surface area (Å²) in [6.45, 7) is 9.05. The van der Waals surface area contributed by atoms with Gasteiger partial charge in [-0.2, -0.15) is 0 Å². The summed E-state index contributed by atoms with van der Waals surface area (Å²) in [5, 5.41) is 3.90. The van der Waals surface area contributed by atoms with Gasteiger partial charge in [-0.3, -0.25) is 0 Å². The number of benzene rings is 2. The molecule has 26 heavy (non-hydrogen) atoms. The summed E-state index contributed by atoms with van der Waals surface area (Å²) in [4.78, 5) is 2.63. The number of hydrogen-bond donors (Lipinski definition) is 0. The van der Waals surface area contributed by atoms with E-state index >= 15 is 0 Å². The topological polar surface area (TPSA) is 17.0 Å². The Hall–Kier alpha value is -2.26. The minimum atomic E-state index is 0.130. The standard InChI is InChI=1S/C23H22NOS/c1-13-16-7-9-25-17(16)12-19-20(13)22-21-14(6-8-24(22)5)10-15(23(2,3)4)11-18(21)26-19/h6-12H,1-5H3/q+1. The van der Waals surface area contributed by atoms with Crippen LogP contribution >= 0.6 is 11.8 Å². The molecule has 0 aliphatic carbocycles. The van der Waals surface area contributed by atoms with Gasteiger partial charge in [-0.05, 0) is 47.1 Å². The minimum absolute atomic E-state index is 0.130. The summed E-state index contributed by atoms with van der Waals surface area (Å²) < 4.78 is 7.98. The monoisotopic (exact) mass is 360 g/mol. The zero-order chi connectivity index (χ0) is 18.2. The molecule has 0 amide bonds. The van der Waals surface area contributed by atoms with Crippen LogP contribution in [0, 0.1) is 6.92 Å². The Balaban J connectivity index is 1.94. The molecule has 1 aliphatic rings. The van der Waals surface area contributed by atoms with Gasteiger partial charge in [0, 0.05) is 21.2 Å². The number of aromatic nitrogens is 1. The molecular formula is C23H22NOS+. The molecule has 0 saturated heterocycles. The van der Waals surface area contributed by atoms with Crippen LogP contribution in [0.5, 0.6) is 0 Å². The maximum absolute atomic E-state index is 5.71. The predicted octanol–water partition coefficient (Wildman–Crippen LogP) is 6.15. The van der Waals surface area contributed by atoms with E-state index in [2.05, 4.69) is 75.8 Å². The van der Waals surface area contributed by atoms with E-state index in [1.807, 2.05) is 11.8 Å². The van der Waals surface area contributed by atoms with Crippen molar-refractivity contribution in [1.29, 1.82) is 0 Å². The quantitative estimate of drug-likeness (QED) is 0.308. The summed E-state index contributed by atoms with van der Waals surface area (Å²) in [7, 11) is 2.15. The SMILES string of the molecule is Cc1c2c(cc3occc13)Sc1cc(C(C)(C)C)cc3cc[n+](C)c-2c13.